The van der Waals surface area contributed by atoms with Crippen LogP contribution in [0.4, 0.5) is 0 Å². The van der Waals surface area contributed by atoms with Gasteiger partial charge in [-0.1, -0.05) is 24.3 Å². The predicted octanol–water partition coefficient (Wildman–Crippen LogP) is 2.89. The van der Waals surface area contributed by atoms with Crippen LogP contribution in [0.15, 0.2) is 41.1 Å². The minimum atomic E-state index is -0.962. The Kier molecular flexibility index (Phi) is 4.24. The van der Waals surface area contributed by atoms with Crippen LogP contribution in [0.1, 0.15) is 29.2 Å². The second kappa shape index (κ2) is 6.32. The highest BCUT2D eigenvalue weighted by atomic mass is 32.1. The zero-order chi connectivity index (χ0) is 15.5. The summed E-state index contributed by atoms with van der Waals surface area (Å²) in [4.78, 5) is 25.7. The zero-order valence-electron chi connectivity index (χ0n) is 12.1. The molecule has 114 valence electrons. The minimum Gasteiger partial charge on any atom is -0.479 e. The van der Waals surface area contributed by atoms with Gasteiger partial charge in [0.15, 0.2) is 6.04 Å². The summed E-state index contributed by atoms with van der Waals surface area (Å²) in [6.45, 7) is 0.469. The maximum absolute atomic E-state index is 12.5. The molecule has 2 heterocycles. The fourth-order valence-corrected chi connectivity index (χ4v) is 3.63. The number of carbonyl (C=O) groups excluding carboxylic acids is 1. The largest absolute Gasteiger partial charge is 0.479 e. The minimum absolute atomic E-state index is 0.0897. The van der Waals surface area contributed by atoms with Crippen LogP contribution < -0.4 is 0 Å². The molecule has 0 saturated heterocycles. The molecule has 0 unspecified atom stereocenters. The van der Waals surface area contributed by atoms with Crippen LogP contribution in [-0.2, 0) is 22.4 Å². The average molecular weight is 315 g/mol. The van der Waals surface area contributed by atoms with Crippen molar-refractivity contribution in [2.75, 3.05) is 6.54 Å². The number of carboxylic acid groups (broad SMARTS) is 1. The van der Waals surface area contributed by atoms with E-state index in [0.717, 1.165) is 16.7 Å². The van der Waals surface area contributed by atoms with Crippen molar-refractivity contribution in [3.8, 4) is 0 Å². The van der Waals surface area contributed by atoms with Crippen LogP contribution in [0.25, 0.3) is 0 Å². The first kappa shape index (κ1) is 14.8. The lowest BCUT2D eigenvalue weighted by molar-refractivity contribution is -0.151. The van der Waals surface area contributed by atoms with Crippen LogP contribution in [0.3, 0.4) is 0 Å². The fourth-order valence-electron chi connectivity index (χ4n) is 2.93. The maximum Gasteiger partial charge on any atom is 0.331 e. The summed E-state index contributed by atoms with van der Waals surface area (Å²) in [7, 11) is 0. The Morgan fingerprint density at radius 2 is 2.09 bits per heavy atom. The Hall–Kier alpha value is -2.14. The van der Waals surface area contributed by atoms with E-state index in [-0.39, 0.29) is 5.91 Å². The van der Waals surface area contributed by atoms with Crippen molar-refractivity contribution in [2.45, 2.75) is 25.3 Å². The Labute approximate surface area is 133 Å². The molecule has 1 aromatic carbocycles. The Morgan fingerprint density at radius 3 is 2.82 bits per heavy atom. The predicted molar refractivity (Wildman–Crippen MR) is 84.9 cm³/mol. The lowest BCUT2D eigenvalue weighted by Gasteiger charge is -2.34. The van der Waals surface area contributed by atoms with Gasteiger partial charge in [0.25, 0.3) is 0 Å². The van der Waals surface area contributed by atoms with Crippen LogP contribution in [0.5, 0.6) is 0 Å². The summed E-state index contributed by atoms with van der Waals surface area (Å²) in [5.41, 5.74) is 2.89. The summed E-state index contributed by atoms with van der Waals surface area (Å²) < 4.78 is 0. The van der Waals surface area contributed by atoms with Crippen molar-refractivity contribution in [2.24, 2.45) is 0 Å². The highest BCUT2D eigenvalue weighted by molar-refractivity contribution is 7.07. The Morgan fingerprint density at radius 1 is 1.27 bits per heavy atom. The molecule has 1 aliphatic heterocycles. The van der Waals surface area contributed by atoms with Gasteiger partial charge in [0.05, 0.1) is 0 Å². The molecule has 1 atom stereocenters. The van der Waals surface area contributed by atoms with Gasteiger partial charge in [-0.2, -0.15) is 11.3 Å². The summed E-state index contributed by atoms with van der Waals surface area (Å²) in [6.07, 6.45) is 1.72. The van der Waals surface area contributed by atoms with Crippen molar-refractivity contribution in [3.05, 3.63) is 57.8 Å². The smallest absolute Gasteiger partial charge is 0.331 e. The molecule has 5 heteroatoms. The van der Waals surface area contributed by atoms with E-state index >= 15 is 0 Å². The number of fused-ring (bicyclic) bond motifs is 1. The van der Waals surface area contributed by atoms with Gasteiger partial charge in [-0.25, -0.2) is 4.79 Å². The molecule has 2 aromatic rings. The second-order valence-corrected chi connectivity index (χ2v) is 6.19. The first-order valence-corrected chi connectivity index (χ1v) is 8.22. The molecule has 1 aromatic heterocycles. The molecule has 0 spiro atoms. The van der Waals surface area contributed by atoms with E-state index in [4.69, 9.17) is 0 Å². The number of hydrogen-bond donors (Lipinski definition) is 1. The highest BCUT2D eigenvalue weighted by Gasteiger charge is 2.35. The number of benzene rings is 1. The summed E-state index contributed by atoms with van der Waals surface area (Å²) >= 11 is 1.60. The molecule has 1 amide bonds. The molecule has 0 aliphatic carbocycles. The number of amides is 1. The average Bonchev–Trinajstić information content (AvgIpc) is 3.04. The second-order valence-electron chi connectivity index (χ2n) is 5.41. The van der Waals surface area contributed by atoms with Crippen molar-refractivity contribution in [1.82, 2.24) is 4.90 Å². The molecule has 0 bridgehead atoms. The summed E-state index contributed by atoms with van der Waals surface area (Å²) in [6, 6.07) is 8.63. The van der Waals surface area contributed by atoms with Gasteiger partial charge in [-0.3, -0.25) is 4.79 Å². The number of thiophene rings is 1. The Balaban J connectivity index is 1.78. The normalized spacial score (nSPS) is 17.1. The number of aliphatic carboxylic acids is 1. The van der Waals surface area contributed by atoms with E-state index in [1.165, 1.54) is 4.90 Å². The molecule has 1 N–H and O–H groups in total. The molecule has 0 saturated carbocycles. The van der Waals surface area contributed by atoms with Crippen LogP contribution in [0, 0.1) is 0 Å². The molecular formula is C17H17NO3S. The van der Waals surface area contributed by atoms with E-state index in [2.05, 4.69) is 0 Å². The number of carbonyl (C=O) groups is 2. The van der Waals surface area contributed by atoms with Gasteiger partial charge < -0.3 is 10.0 Å². The van der Waals surface area contributed by atoms with Gasteiger partial charge in [0.2, 0.25) is 5.91 Å². The van der Waals surface area contributed by atoms with E-state index in [9.17, 15) is 14.7 Å². The number of rotatable bonds is 4. The van der Waals surface area contributed by atoms with E-state index in [1.807, 2.05) is 41.1 Å². The standard InChI is InChI=1S/C17H17NO3S/c19-15(6-5-12-8-10-22-11-12)18-9-7-13-3-1-2-4-14(13)16(18)17(20)21/h1-4,8,10-11,16H,5-7,9H2,(H,20,21)/t16-/m0/s1. The van der Waals surface area contributed by atoms with E-state index in [1.54, 1.807) is 11.3 Å². The molecule has 4 nitrogen and oxygen atoms in total. The van der Waals surface area contributed by atoms with Crippen LogP contribution >= 0.6 is 11.3 Å². The number of aryl methyl sites for hydroxylation is 1. The number of hydrogen-bond acceptors (Lipinski definition) is 3. The third kappa shape index (κ3) is 2.90. The van der Waals surface area contributed by atoms with Gasteiger partial charge in [-0.15, -0.1) is 0 Å². The highest BCUT2D eigenvalue weighted by Crippen LogP contribution is 2.30. The fraction of sp³-hybridized carbons (Fsp3) is 0.294. The van der Waals surface area contributed by atoms with E-state index in [0.29, 0.717) is 25.8 Å². The van der Waals surface area contributed by atoms with Gasteiger partial charge in [0.1, 0.15) is 0 Å². The monoisotopic (exact) mass is 315 g/mol. The lowest BCUT2D eigenvalue weighted by atomic mass is 9.92. The molecular weight excluding hydrogens is 298 g/mol. The third-order valence-electron chi connectivity index (χ3n) is 4.05. The summed E-state index contributed by atoms with van der Waals surface area (Å²) in [5, 5.41) is 13.6. The van der Waals surface area contributed by atoms with Crippen molar-refractivity contribution < 1.29 is 14.7 Å². The van der Waals surface area contributed by atoms with Gasteiger partial charge >= 0.3 is 5.97 Å². The topological polar surface area (TPSA) is 57.6 Å². The van der Waals surface area contributed by atoms with Crippen LogP contribution in [0.2, 0.25) is 0 Å². The third-order valence-corrected chi connectivity index (χ3v) is 4.78. The Bertz CT molecular complexity index is 681. The molecule has 1 aliphatic rings. The maximum atomic E-state index is 12.5. The summed E-state index contributed by atoms with van der Waals surface area (Å²) in [5.74, 6) is -1.05. The quantitative estimate of drug-likeness (QED) is 0.944. The van der Waals surface area contributed by atoms with Crippen LogP contribution in [-0.4, -0.2) is 28.4 Å². The van der Waals surface area contributed by atoms with Gasteiger partial charge in [0, 0.05) is 13.0 Å². The molecule has 3 rings (SSSR count). The molecule has 22 heavy (non-hydrogen) atoms. The van der Waals surface area contributed by atoms with Crippen molar-refractivity contribution in [3.63, 3.8) is 0 Å². The molecule has 0 fully saturated rings. The lowest BCUT2D eigenvalue weighted by Crippen LogP contribution is -2.43. The van der Waals surface area contributed by atoms with Crippen molar-refractivity contribution >= 4 is 23.2 Å². The first-order valence-electron chi connectivity index (χ1n) is 7.28. The number of nitrogens with zero attached hydrogens (tertiary/aromatic N) is 1. The zero-order valence-corrected chi connectivity index (χ0v) is 12.9. The number of carboxylic acids is 1. The van der Waals surface area contributed by atoms with Crippen molar-refractivity contribution in [1.29, 1.82) is 0 Å². The molecule has 0 radical (unpaired) electrons. The SMILES string of the molecule is O=C(O)[C@@H]1c2ccccc2CCN1C(=O)CCc1ccsc1. The first-order chi connectivity index (χ1) is 10.7. The van der Waals surface area contributed by atoms with Gasteiger partial charge in [-0.05, 0) is 46.4 Å². The van der Waals surface area contributed by atoms with E-state index < -0.39 is 12.0 Å².